The van der Waals surface area contributed by atoms with Crippen LogP contribution in [0.3, 0.4) is 0 Å². The summed E-state index contributed by atoms with van der Waals surface area (Å²) in [6, 6.07) is 7.67. The van der Waals surface area contributed by atoms with E-state index in [-0.39, 0.29) is 6.61 Å². The fourth-order valence-electron chi connectivity index (χ4n) is 1.88. The molecule has 2 aromatic rings. The Balaban J connectivity index is 2.45. The summed E-state index contributed by atoms with van der Waals surface area (Å²) in [5.41, 5.74) is 3.68. The Labute approximate surface area is 100 Å². The number of aryl methyl sites for hydroxylation is 1. The molecule has 0 radical (unpaired) electrons. The van der Waals surface area contributed by atoms with Gasteiger partial charge in [-0.3, -0.25) is 0 Å². The van der Waals surface area contributed by atoms with Gasteiger partial charge in [0.15, 0.2) is 0 Å². The first kappa shape index (κ1) is 11.7. The van der Waals surface area contributed by atoms with Gasteiger partial charge in [0.25, 0.3) is 0 Å². The number of hydrogen-bond donors (Lipinski definition) is 1. The zero-order valence-corrected chi connectivity index (χ0v) is 10.3. The zero-order chi connectivity index (χ0) is 12.4. The first-order valence-corrected chi connectivity index (χ1v) is 5.47. The molecule has 4 heteroatoms. The van der Waals surface area contributed by atoms with Gasteiger partial charge in [0.1, 0.15) is 5.75 Å². The molecule has 0 aliphatic heterocycles. The van der Waals surface area contributed by atoms with E-state index in [1.54, 1.807) is 7.11 Å². The van der Waals surface area contributed by atoms with Gasteiger partial charge in [-0.15, -0.1) is 0 Å². The molecule has 1 aromatic carbocycles. The van der Waals surface area contributed by atoms with E-state index < -0.39 is 0 Å². The second kappa shape index (κ2) is 4.59. The third-order valence-electron chi connectivity index (χ3n) is 2.92. The van der Waals surface area contributed by atoms with Crippen molar-refractivity contribution in [2.45, 2.75) is 20.5 Å². The minimum Gasteiger partial charge on any atom is -0.497 e. The van der Waals surface area contributed by atoms with Gasteiger partial charge in [0.2, 0.25) is 0 Å². The molecule has 1 aromatic heterocycles. The molecule has 0 amide bonds. The lowest BCUT2D eigenvalue weighted by molar-refractivity contribution is 0.280. The van der Waals surface area contributed by atoms with Crippen molar-refractivity contribution in [2.24, 2.45) is 0 Å². The van der Waals surface area contributed by atoms with Gasteiger partial charge >= 0.3 is 0 Å². The maximum Gasteiger partial charge on any atom is 0.119 e. The molecular weight excluding hydrogens is 216 g/mol. The van der Waals surface area contributed by atoms with Crippen LogP contribution in [0, 0.1) is 13.8 Å². The van der Waals surface area contributed by atoms with Crippen LogP contribution in [0.2, 0.25) is 0 Å². The van der Waals surface area contributed by atoms with Crippen molar-refractivity contribution in [3.05, 3.63) is 41.2 Å². The quantitative estimate of drug-likeness (QED) is 0.880. The van der Waals surface area contributed by atoms with Crippen molar-refractivity contribution in [3.8, 4) is 11.4 Å². The summed E-state index contributed by atoms with van der Waals surface area (Å²) in [6.45, 7) is 3.88. The van der Waals surface area contributed by atoms with Crippen LogP contribution in [0.25, 0.3) is 5.69 Å². The van der Waals surface area contributed by atoms with Gasteiger partial charge in [0.05, 0.1) is 25.1 Å². The molecule has 0 aliphatic carbocycles. The topological polar surface area (TPSA) is 47.3 Å². The molecule has 1 N–H and O–H groups in total. The monoisotopic (exact) mass is 232 g/mol. The minimum absolute atomic E-state index is 0.0216. The van der Waals surface area contributed by atoms with E-state index >= 15 is 0 Å². The van der Waals surface area contributed by atoms with E-state index in [2.05, 4.69) is 5.10 Å². The Hall–Kier alpha value is -1.81. The summed E-state index contributed by atoms with van der Waals surface area (Å²) in [5, 5.41) is 13.7. The molecule has 0 fully saturated rings. The lowest BCUT2D eigenvalue weighted by Crippen LogP contribution is -1.99. The molecule has 0 spiro atoms. The van der Waals surface area contributed by atoms with Crippen molar-refractivity contribution in [1.82, 2.24) is 9.78 Å². The Morgan fingerprint density at radius 3 is 2.35 bits per heavy atom. The van der Waals surface area contributed by atoms with Gasteiger partial charge in [-0.1, -0.05) is 0 Å². The van der Waals surface area contributed by atoms with Gasteiger partial charge in [-0.25, -0.2) is 4.68 Å². The minimum atomic E-state index is 0.0216. The number of nitrogens with zero attached hydrogens (tertiary/aromatic N) is 2. The highest BCUT2D eigenvalue weighted by Gasteiger charge is 2.11. The Morgan fingerprint density at radius 1 is 1.24 bits per heavy atom. The average molecular weight is 232 g/mol. The molecule has 0 atom stereocenters. The van der Waals surface area contributed by atoms with E-state index in [1.807, 2.05) is 42.8 Å². The number of aromatic nitrogens is 2. The van der Waals surface area contributed by atoms with Crippen LogP contribution < -0.4 is 4.74 Å². The predicted octanol–water partition coefficient (Wildman–Crippen LogP) is 1.99. The number of hydrogen-bond acceptors (Lipinski definition) is 3. The largest absolute Gasteiger partial charge is 0.497 e. The SMILES string of the molecule is COc1ccc(-n2nc(C)c(CO)c2C)cc1. The highest BCUT2D eigenvalue weighted by molar-refractivity contribution is 5.40. The summed E-state index contributed by atoms with van der Waals surface area (Å²) in [7, 11) is 1.64. The van der Waals surface area contributed by atoms with Gasteiger partial charge in [-0.2, -0.15) is 5.10 Å². The number of ether oxygens (including phenoxy) is 1. The molecule has 0 bridgehead atoms. The second-order valence-corrected chi connectivity index (χ2v) is 3.92. The van der Waals surface area contributed by atoms with Crippen LogP contribution in [0.4, 0.5) is 0 Å². The maximum atomic E-state index is 9.27. The van der Waals surface area contributed by atoms with Crippen LogP contribution in [0.1, 0.15) is 17.0 Å². The summed E-state index contributed by atoms with van der Waals surface area (Å²) in [4.78, 5) is 0. The van der Waals surface area contributed by atoms with E-state index in [4.69, 9.17) is 4.74 Å². The summed E-state index contributed by atoms with van der Waals surface area (Å²) < 4.78 is 6.95. The third kappa shape index (κ3) is 2.03. The molecule has 90 valence electrons. The smallest absolute Gasteiger partial charge is 0.119 e. The van der Waals surface area contributed by atoms with Crippen molar-refractivity contribution in [3.63, 3.8) is 0 Å². The Bertz CT molecular complexity index is 515. The summed E-state index contributed by atoms with van der Waals surface area (Å²) in [5.74, 6) is 0.817. The fourth-order valence-corrected chi connectivity index (χ4v) is 1.88. The first-order valence-electron chi connectivity index (χ1n) is 5.47. The molecule has 4 nitrogen and oxygen atoms in total. The maximum absolute atomic E-state index is 9.27. The van der Waals surface area contributed by atoms with E-state index in [1.165, 1.54) is 0 Å². The van der Waals surface area contributed by atoms with Crippen LogP contribution in [0.5, 0.6) is 5.75 Å². The van der Waals surface area contributed by atoms with Crippen LogP contribution in [0.15, 0.2) is 24.3 Å². The number of aliphatic hydroxyl groups is 1. The zero-order valence-electron chi connectivity index (χ0n) is 10.3. The number of rotatable bonds is 3. The lowest BCUT2D eigenvalue weighted by atomic mass is 10.2. The number of methoxy groups -OCH3 is 1. The second-order valence-electron chi connectivity index (χ2n) is 3.92. The van der Waals surface area contributed by atoms with Crippen LogP contribution in [-0.4, -0.2) is 22.0 Å². The van der Waals surface area contributed by atoms with Crippen LogP contribution >= 0.6 is 0 Å². The lowest BCUT2D eigenvalue weighted by Gasteiger charge is -2.06. The third-order valence-corrected chi connectivity index (χ3v) is 2.92. The standard InChI is InChI=1S/C13H16N2O2/c1-9-13(8-16)10(2)15(14-9)11-4-6-12(17-3)7-5-11/h4-7,16H,8H2,1-3H3. The molecule has 0 saturated carbocycles. The molecule has 0 unspecified atom stereocenters. The molecule has 0 aliphatic rings. The van der Waals surface area contributed by atoms with E-state index in [0.717, 1.165) is 28.4 Å². The summed E-state index contributed by atoms with van der Waals surface area (Å²) >= 11 is 0. The number of benzene rings is 1. The van der Waals surface area contributed by atoms with Crippen molar-refractivity contribution >= 4 is 0 Å². The molecule has 1 heterocycles. The molecule has 17 heavy (non-hydrogen) atoms. The van der Waals surface area contributed by atoms with E-state index in [9.17, 15) is 5.11 Å². The van der Waals surface area contributed by atoms with Crippen molar-refractivity contribution in [1.29, 1.82) is 0 Å². The van der Waals surface area contributed by atoms with Gasteiger partial charge in [-0.05, 0) is 38.1 Å². The van der Waals surface area contributed by atoms with Gasteiger partial charge < -0.3 is 9.84 Å². The van der Waals surface area contributed by atoms with E-state index in [0.29, 0.717) is 0 Å². The molecular formula is C13H16N2O2. The highest BCUT2D eigenvalue weighted by Crippen LogP contribution is 2.19. The molecule has 0 saturated heterocycles. The van der Waals surface area contributed by atoms with Gasteiger partial charge in [0, 0.05) is 11.3 Å². The average Bonchev–Trinajstić information content (AvgIpc) is 2.64. The Kier molecular flexibility index (Phi) is 3.15. The Morgan fingerprint density at radius 2 is 1.88 bits per heavy atom. The van der Waals surface area contributed by atoms with Crippen molar-refractivity contribution in [2.75, 3.05) is 7.11 Å². The van der Waals surface area contributed by atoms with Crippen molar-refractivity contribution < 1.29 is 9.84 Å². The number of aliphatic hydroxyl groups excluding tert-OH is 1. The van der Waals surface area contributed by atoms with Crippen LogP contribution in [-0.2, 0) is 6.61 Å². The highest BCUT2D eigenvalue weighted by atomic mass is 16.5. The summed E-state index contributed by atoms with van der Waals surface area (Å²) in [6.07, 6.45) is 0. The normalized spacial score (nSPS) is 10.6. The predicted molar refractivity (Wildman–Crippen MR) is 65.5 cm³/mol. The fraction of sp³-hybridized carbons (Fsp3) is 0.308. The first-order chi connectivity index (χ1) is 8.17. The molecule has 2 rings (SSSR count).